The fourth-order valence-electron chi connectivity index (χ4n) is 1.91. The molecular weight excluding hydrogens is 238 g/mol. The third kappa shape index (κ3) is 2.09. The highest BCUT2D eigenvalue weighted by Crippen LogP contribution is 2.36. The normalized spacial score (nSPS) is 33.7. The average molecular weight is 258 g/mol. The van der Waals surface area contributed by atoms with Gasteiger partial charge in [-0.25, -0.2) is 9.89 Å². The summed E-state index contributed by atoms with van der Waals surface area (Å²) in [5, 5.41) is 10.1. The summed E-state index contributed by atoms with van der Waals surface area (Å²) < 4.78 is -0.744. The summed E-state index contributed by atoms with van der Waals surface area (Å²) in [6, 6.07) is 0. The molecule has 6 heteroatoms. The van der Waals surface area contributed by atoms with Crippen LogP contribution in [0.4, 0.5) is 0 Å². The van der Waals surface area contributed by atoms with Gasteiger partial charge in [0.1, 0.15) is 4.75 Å². The molecule has 0 aromatic heterocycles. The van der Waals surface area contributed by atoms with E-state index < -0.39 is 4.75 Å². The quantitative estimate of drug-likeness (QED) is 0.653. The van der Waals surface area contributed by atoms with Crippen molar-refractivity contribution in [2.75, 3.05) is 19.9 Å². The Hall–Kier alpha value is -0.590. The number of hydrogen-bond acceptors (Lipinski definition) is 4. The predicted molar refractivity (Wildman–Crippen MR) is 67.8 cm³/mol. The number of nitrogens with one attached hydrogen (secondary N) is 1. The van der Waals surface area contributed by atoms with Crippen LogP contribution < -0.4 is 4.90 Å². The van der Waals surface area contributed by atoms with Crippen LogP contribution in [0.3, 0.4) is 0 Å². The van der Waals surface area contributed by atoms with Crippen LogP contribution in [0.15, 0.2) is 4.99 Å². The molecule has 1 saturated heterocycles. The molecule has 1 fully saturated rings. The average Bonchev–Trinajstić information content (AvgIpc) is 2.51. The number of amides is 1. The van der Waals surface area contributed by atoms with Crippen LogP contribution in [-0.2, 0) is 4.79 Å². The number of fused-ring (bicyclic) bond motifs is 1. The van der Waals surface area contributed by atoms with E-state index in [1.54, 1.807) is 11.8 Å². The number of rotatable bonds is 1. The summed E-state index contributed by atoms with van der Waals surface area (Å²) >= 11 is 1.38. The molecule has 96 valence electrons. The lowest BCUT2D eigenvalue weighted by Gasteiger charge is -2.36. The van der Waals surface area contributed by atoms with Gasteiger partial charge in [-0.15, -0.1) is 0 Å². The zero-order chi connectivity index (χ0) is 12.8. The number of aliphatic hydroxyl groups is 1. The van der Waals surface area contributed by atoms with Crippen LogP contribution in [0.1, 0.15) is 27.7 Å². The fourth-order valence-corrected chi connectivity index (χ4v) is 2.96. The molecule has 0 aromatic carbocycles. The van der Waals surface area contributed by atoms with Crippen LogP contribution in [0, 0.1) is 0 Å². The molecule has 5 nitrogen and oxygen atoms in total. The Kier molecular flexibility index (Phi) is 3.00. The van der Waals surface area contributed by atoms with Gasteiger partial charge in [-0.1, -0.05) is 11.8 Å². The number of carbonyl (C=O) groups excluding carboxylic acids is 1. The zero-order valence-electron chi connectivity index (χ0n) is 10.8. The molecule has 0 spiro atoms. The fraction of sp³-hybridized carbons (Fsp3) is 0.818. The summed E-state index contributed by atoms with van der Waals surface area (Å²) in [6.45, 7) is 9.39. The van der Waals surface area contributed by atoms with E-state index in [1.165, 1.54) is 16.7 Å². The molecular formula is C11H20N3O2S+. The molecule has 2 N–H and O–H groups in total. The molecule has 2 aliphatic rings. The van der Waals surface area contributed by atoms with E-state index in [9.17, 15) is 9.90 Å². The van der Waals surface area contributed by atoms with Crippen molar-refractivity contribution in [3.63, 3.8) is 0 Å². The molecule has 1 unspecified atom stereocenters. The molecule has 2 aliphatic heterocycles. The molecule has 0 radical (unpaired) electrons. The van der Waals surface area contributed by atoms with E-state index in [0.717, 1.165) is 5.17 Å². The van der Waals surface area contributed by atoms with Crippen molar-refractivity contribution in [1.29, 1.82) is 0 Å². The van der Waals surface area contributed by atoms with Gasteiger partial charge in [0.15, 0.2) is 18.5 Å². The molecule has 0 aliphatic carbocycles. The Morgan fingerprint density at radius 3 is 2.76 bits per heavy atom. The minimum absolute atomic E-state index is 0.0230. The van der Waals surface area contributed by atoms with Crippen molar-refractivity contribution in [3.05, 3.63) is 0 Å². The maximum Gasteiger partial charge on any atom is 0.251 e. The van der Waals surface area contributed by atoms with Crippen LogP contribution in [0.25, 0.3) is 0 Å². The minimum Gasteiger partial charge on any atom is -0.394 e. The smallest absolute Gasteiger partial charge is 0.251 e. The summed E-state index contributed by atoms with van der Waals surface area (Å²) in [7, 11) is 0. The van der Waals surface area contributed by atoms with Gasteiger partial charge >= 0.3 is 0 Å². The lowest BCUT2D eigenvalue weighted by Crippen LogP contribution is -3.20. The first kappa shape index (κ1) is 12.9. The van der Waals surface area contributed by atoms with E-state index in [4.69, 9.17) is 0 Å². The summed E-state index contributed by atoms with van der Waals surface area (Å²) in [5.41, 5.74) is 0.0676. The summed E-state index contributed by atoms with van der Waals surface area (Å²) in [5.74, 6) is -0.0230. The number of quaternary nitrogens is 1. The molecule has 0 aromatic rings. The SMILES string of the molecule is CC(C)(C)[NH+]1CN=C2S[C@@](C)(CO)C(=O)N2C1. The Morgan fingerprint density at radius 2 is 2.24 bits per heavy atom. The molecule has 2 atom stereocenters. The number of amidine groups is 1. The first-order valence-corrected chi connectivity index (χ1v) is 6.61. The van der Waals surface area contributed by atoms with Crippen molar-refractivity contribution in [1.82, 2.24) is 4.90 Å². The zero-order valence-corrected chi connectivity index (χ0v) is 11.6. The second kappa shape index (κ2) is 3.96. The number of aliphatic imine (C=N–C) groups is 1. The predicted octanol–water partition coefficient (Wildman–Crippen LogP) is -0.719. The number of thioether (sulfide) groups is 1. The Bertz CT molecular complexity index is 377. The lowest BCUT2D eigenvalue weighted by molar-refractivity contribution is -0.954. The largest absolute Gasteiger partial charge is 0.394 e. The second-order valence-electron chi connectivity index (χ2n) is 5.83. The Balaban J connectivity index is 2.22. The maximum absolute atomic E-state index is 12.2. The third-order valence-corrected chi connectivity index (χ3v) is 4.65. The highest BCUT2D eigenvalue weighted by atomic mass is 32.2. The van der Waals surface area contributed by atoms with Gasteiger partial charge in [-0.05, 0) is 27.7 Å². The van der Waals surface area contributed by atoms with E-state index in [1.807, 2.05) is 0 Å². The number of nitrogens with zero attached hydrogens (tertiary/aromatic N) is 2. The summed E-state index contributed by atoms with van der Waals surface area (Å²) in [6.07, 6.45) is 0. The van der Waals surface area contributed by atoms with Crippen molar-refractivity contribution in [3.8, 4) is 0 Å². The molecule has 1 amide bonds. The third-order valence-electron chi connectivity index (χ3n) is 3.36. The Labute approximate surface area is 106 Å². The topological polar surface area (TPSA) is 57.3 Å². The van der Waals surface area contributed by atoms with Crippen molar-refractivity contribution in [2.45, 2.75) is 38.0 Å². The molecule has 0 saturated carbocycles. The first-order chi connectivity index (χ1) is 7.78. The Morgan fingerprint density at radius 1 is 1.59 bits per heavy atom. The maximum atomic E-state index is 12.2. The van der Waals surface area contributed by atoms with Crippen molar-refractivity contribution in [2.24, 2.45) is 4.99 Å². The van der Waals surface area contributed by atoms with E-state index in [-0.39, 0.29) is 18.1 Å². The number of aliphatic hydroxyl groups excluding tert-OH is 1. The highest BCUT2D eigenvalue weighted by molar-refractivity contribution is 8.16. The van der Waals surface area contributed by atoms with E-state index in [0.29, 0.717) is 13.3 Å². The highest BCUT2D eigenvalue weighted by Gasteiger charge is 2.51. The summed E-state index contributed by atoms with van der Waals surface area (Å²) in [4.78, 5) is 19.7. The molecule has 17 heavy (non-hydrogen) atoms. The van der Waals surface area contributed by atoms with Gasteiger partial charge in [0, 0.05) is 0 Å². The van der Waals surface area contributed by atoms with Gasteiger partial charge in [0.25, 0.3) is 5.91 Å². The van der Waals surface area contributed by atoms with Crippen molar-refractivity contribution >= 4 is 22.8 Å². The van der Waals surface area contributed by atoms with Crippen LogP contribution >= 0.6 is 11.8 Å². The monoisotopic (exact) mass is 258 g/mol. The second-order valence-corrected chi connectivity index (χ2v) is 7.31. The number of hydrogen-bond donors (Lipinski definition) is 2. The van der Waals surface area contributed by atoms with Crippen LogP contribution in [-0.4, -0.2) is 51.3 Å². The molecule has 2 rings (SSSR count). The van der Waals surface area contributed by atoms with Gasteiger partial charge in [-0.3, -0.25) is 9.69 Å². The minimum atomic E-state index is -0.744. The van der Waals surface area contributed by atoms with Gasteiger partial charge in [0.05, 0.1) is 12.1 Å². The van der Waals surface area contributed by atoms with E-state index >= 15 is 0 Å². The molecule has 0 bridgehead atoms. The van der Waals surface area contributed by atoms with Gasteiger partial charge in [0.2, 0.25) is 0 Å². The van der Waals surface area contributed by atoms with Gasteiger partial charge in [-0.2, -0.15) is 0 Å². The van der Waals surface area contributed by atoms with Crippen LogP contribution in [0.2, 0.25) is 0 Å². The molecule has 2 heterocycles. The lowest BCUT2D eigenvalue weighted by atomic mass is 10.1. The first-order valence-electron chi connectivity index (χ1n) is 5.79. The van der Waals surface area contributed by atoms with Crippen molar-refractivity contribution < 1.29 is 14.8 Å². The number of carbonyl (C=O) groups is 1. The van der Waals surface area contributed by atoms with Crippen LogP contribution in [0.5, 0.6) is 0 Å². The van der Waals surface area contributed by atoms with Gasteiger partial charge < -0.3 is 5.11 Å². The van der Waals surface area contributed by atoms with E-state index in [2.05, 4.69) is 25.8 Å². The standard InChI is InChI=1S/C11H19N3O2S/c1-10(2,3)13-6-12-9-14(7-13)8(16)11(4,5-15)17-9/h15H,5-7H2,1-4H3/p+1/t11-/m0/s1.